The Balaban J connectivity index is 1.89. The summed E-state index contributed by atoms with van der Waals surface area (Å²) in [6.45, 7) is 0. The zero-order chi connectivity index (χ0) is 13.9. The molecule has 20 heavy (non-hydrogen) atoms. The fraction of sp³-hybridized carbons (Fsp3) is 0.400. The van der Waals surface area contributed by atoms with Crippen molar-refractivity contribution in [1.82, 2.24) is 4.98 Å². The normalized spacial score (nSPS) is 16.2. The standard InChI is InChI=1S/C15H17N3O2/c19-18(20)14-8-4-7-13-12(14)9-10-15(17-13)16-11-5-2-1-3-6-11/h4,7-11H,1-3,5-6H2,(H,16,17). The van der Waals surface area contributed by atoms with Crippen LogP contribution in [0.4, 0.5) is 11.5 Å². The quantitative estimate of drug-likeness (QED) is 0.679. The molecule has 5 nitrogen and oxygen atoms in total. The van der Waals surface area contributed by atoms with Gasteiger partial charge in [-0.3, -0.25) is 10.1 Å². The average molecular weight is 271 g/mol. The molecule has 2 aromatic rings. The highest BCUT2D eigenvalue weighted by Crippen LogP contribution is 2.26. The first-order valence-electron chi connectivity index (χ1n) is 7.05. The Hall–Kier alpha value is -2.17. The number of nitro groups is 1. The van der Waals surface area contributed by atoms with Crippen LogP contribution in [0.15, 0.2) is 30.3 Å². The molecule has 5 heteroatoms. The summed E-state index contributed by atoms with van der Waals surface area (Å²) in [4.78, 5) is 15.1. The Kier molecular flexibility index (Phi) is 3.50. The number of benzene rings is 1. The van der Waals surface area contributed by atoms with Crippen molar-refractivity contribution < 1.29 is 4.92 Å². The van der Waals surface area contributed by atoms with Crippen LogP contribution in [0.3, 0.4) is 0 Å². The number of nitro benzene ring substituents is 1. The first-order chi connectivity index (χ1) is 9.74. The van der Waals surface area contributed by atoms with Crippen molar-refractivity contribution in [2.45, 2.75) is 38.1 Å². The molecule has 1 aliphatic rings. The van der Waals surface area contributed by atoms with Gasteiger partial charge in [-0.05, 0) is 31.0 Å². The lowest BCUT2D eigenvalue weighted by molar-refractivity contribution is -0.383. The molecule has 0 bridgehead atoms. The molecule has 0 unspecified atom stereocenters. The van der Waals surface area contributed by atoms with Crippen LogP contribution >= 0.6 is 0 Å². The van der Waals surface area contributed by atoms with Crippen molar-refractivity contribution in [1.29, 1.82) is 0 Å². The van der Waals surface area contributed by atoms with Crippen LogP contribution in [-0.2, 0) is 0 Å². The van der Waals surface area contributed by atoms with Crippen molar-refractivity contribution in [2.24, 2.45) is 0 Å². The maximum Gasteiger partial charge on any atom is 0.278 e. The molecule has 0 amide bonds. The number of pyridine rings is 1. The average Bonchev–Trinajstić information content (AvgIpc) is 2.47. The number of aromatic nitrogens is 1. The predicted molar refractivity (Wildman–Crippen MR) is 78.9 cm³/mol. The molecule has 1 aliphatic carbocycles. The minimum Gasteiger partial charge on any atom is -0.367 e. The fourth-order valence-electron chi connectivity index (χ4n) is 2.83. The van der Waals surface area contributed by atoms with E-state index < -0.39 is 0 Å². The predicted octanol–water partition coefficient (Wildman–Crippen LogP) is 3.89. The molecule has 1 saturated carbocycles. The van der Waals surface area contributed by atoms with Crippen LogP contribution in [0.2, 0.25) is 0 Å². The van der Waals surface area contributed by atoms with Crippen molar-refractivity contribution >= 4 is 22.4 Å². The first-order valence-corrected chi connectivity index (χ1v) is 7.05. The van der Waals surface area contributed by atoms with E-state index in [0.29, 0.717) is 16.9 Å². The van der Waals surface area contributed by atoms with E-state index in [-0.39, 0.29) is 10.6 Å². The van der Waals surface area contributed by atoms with Gasteiger partial charge in [-0.25, -0.2) is 4.98 Å². The second kappa shape index (κ2) is 5.45. The molecule has 0 radical (unpaired) electrons. The zero-order valence-electron chi connectivity index (χ0n) is 11.2. The molecule has 0 aliphatic heterocycles. The van der Waals surface area contributed by atoms with E-state index in [4.69, 9.17) is 0 Å². The molecule has 104 valence electrons. The molecule has 0 spiro atoms. The van der Waals surface area contributed by atoms with E-state index in [1.807, 2.05) is 12.1 Å². The number of nitrogens with zero attached hydrogens (tertiary/aromatic N) is 2. The van der Waals surface area contributed by atoms with E-state index in [1.54, 1.807) is 12.1 Å². The van der Waals surface area contributed by atoms with Gasteiger partial charge in [0.25, 0.3) is 5.69 Å². The largest absolute Gasteiger partial charge is 0.367 e. The Labute approximate surface area is 117 Å². The summed E-state index contributed by atoms with van der Waals surface area (Å²) < 4.78 is 0. The number of anilines is 1. The zero-order valence-corrected chi connectivity index (χ0v) is 11.2. The molecule has 0 saturated heterocycles. The van der Waals surface area contributed by atoms with Crippen LogP contribution in [0, 0.1) is 10.1 Å². The van der Waals surface area contributed by atoms with Gasteiger partial charge in [-0.1, -0.05) is 25.3 Å². The summed E-state index contributed by atoms with van der Waals surface area (Å²) in [5.41, 5.74) is 0.777. The Morgan fingerprint density at radius 1 is 1.15 bits per heavy atom. The Bertz CT molecular complexity index is 636. The third-order valence-electron chi connectivity index (χ3n) is 3.86. The number of hydrogen-bond acceptors (Lipinski definition) is 4. The van der Waals surface area contributed by atoms with Crippen LogP contribution in [0.25, 0.3) is 10.9 Å². The third-order valence-corrected chi connectivity index (χ3v) is 3.86. The van der Waals surface area contributed by atoms with Crippen LogP contribution < -0.4 is 5.32 Å². The van der Waals surface area contributed by atoms with Crippen LogP contribution in [0.5, 0.6) is 0 Å². The highest BCUT2D eigenvalue weighted by atomic mass is 16.6. The van der Waals surface area contributed by atoms with E-state index in [2.05, 4.69) is 10.3 Å². The molecule has 1 N–H and O–H groups in total. The molecule has 1 aromatic heterocycles. The third kappa shape index (κ3) is 2.57. The molecule has 1 fully saturated rings. The van der Waals surface area contributed by atoms with Gasteiger partial charge in [0.2, 0.25) is 0 Å². The lowest BCUT2D eigenvalue weighted by Gasteiger charge is -2.23. The van der Waals surface area contributed by atoms with Crippen molar-refractivity contribution in [2.75, 3.05) is 5.32 Å². The second-order valence-corrected chi connectivity index (χ2v) is 5.28. The summed E-state index contributed by atoms with van der Waals surface area (Å²) in [5, 5.41) is 15.0. The summed E-state index contributed by atoms with van der Waals surface area (Å²) in [5.74, 6) is 0.810. The maximum absolute atomic E-state index is 11.0. The second-order valence-electron chi connectivity index (χ2n) is 5.28. The van der Waals surface area contributed by atoms with Gasteiger partial charge >= 0.3 is 0 Å². The van der Waals surface area contributed by atoms with Gasteiger partial charge in [-0.2, -0.15) is 0 Å². The monoisotopic (exact) mass is 271 g/mol. The summed E-state index contributed by atoms with van der Waals surface area (Å²) in [7, 11) is 0. The van der Waals surface area contributed by atoms with Crippen LogP contribution in [0.1, 0.15) is 32.1 Å². The topological polar surface area (TPSA) is 68.1 Å². The minimum absolute atomic E-state index is 0.110. The highest BCUT2D eigenvalue weighted by molar-refractivity contribution is 5.88. The fourth-order valence-corrected chi connectivity index (χ4v) is 2.83. The van der Waals surface area contributed by atoms with E-state index in [9.17, 15) is 10.1 Å². The molecule has 0 atom stereocenters. The smallest absolute Gasteiger partial charge is 0.278 e. The molecule has 1 heterocycles. The number of fused-ring (bicyclic) bond motifs is 1. The number of non-ortho nitro benzene ring substituents is 1. The van der Waals surface area contributed by atoms with E-state index in [0.717, 1.165) is 5.82 Å². The highest BCUT2D eigenvalue weighted by Gasteiger charge is 2.15. The van der Waals surface area contributed by atoms with E-state index >= 15 is 0 Å². The van der Waals surface area contributed by atoms with Gasteiger partial charge in [-0.15, -0.1) is 0 Å². The van der Waals surface area contributed by atoms with Crippen molar-refractivity contribution in [3.8, 4) is 0 Å². The lowest BCUT2D eigenvalue weighted by Crippen LogP contribution is -2.22. The van der Waals surface area contributed by atoms with Gasteiger partial charge in [0.15, 0.2) is 0 Å². The SMILES string of the molecule is O=[N+]([O-])c1cccc2nc(NC3CCCCC3)ccc12. The van der Waals surface area contributed by atoms with Crippen LogP contribution in [-0.4, -0.2) is 15.9 Å². The van der Waals surface area contributed by atoms with Crippen molar-refractivity contribution in [3.05, 3.63) is 40.4 Å². The van der Waals surface area contributed by atoms with Gasteiger partial charge < -0.3 is 5.32 Å². The summed E-state index contributed by atoms with van der Waals surface area (Å²) >= 11 is 0. The lowest BCUT2D eigenvalue weighted by atomic mass is 9.95. The van der Waals surface area contributed by atoms with E-state index in [1.165, 1.54) is 38.2 Å². The number of hydrogen-bond donors (Lipinski definition) is 1. The van der Waals surface area contributed by atoms with Gasteiger partial charge in [0.1, 0.15) is 5.82 Å². The first kappa shape index (κ1) is 12.8. The van der Waals surface area contributed by atoms with Gasteiger partial charge in [0.05, 0.1) is 15.8 Å². The molecular weight excluding hydrogens is 254 g/mol. The minimum atomic E-state index is -0.363. The van der Waals surface area contributed by atoms with Crippen molar-refractivity contribution in [3.63, 3.8) is 0 Å². The molecular formula is C15H17N3O2. The number of rotatable bonds is 3. The maximum atomic E-state index is 11.0. The number of nitrogens with one attached hydrogen (secondary N) is 1. The Morgan fingerprint density at radius 3 is 2.70 bits per heavy atom. The molecule has 1 aromatic carbocycles. The van der Waals surface area contributed by atoms with Gasteiger partial charge in [0, 0.05) is 12.1 Å². The summed E-state index contributed by atoms with van der Waals surface area (Å²) in [6, 6.07) is 9.10. The summed E-state index contributed by atoms with van der Waals surface area (Å²) in [6.07, 6.45) is 6.19. The Morgan fingerprint density at radius 2 is 1.95 bits per heavy atom. The molecule has 3 rings (SSSR count).